The van der Waals surface area contributed by atoms with Crippen LogP contribution in [0.3, 0.4) is 0 Å². The molecule has 112 valence electrons. The summed E-state index contributed by atoms with van der Waals surface area (Å²) in [5.74, 6) is 0.826. The second kappa shape index (κ2) is 6.40. The Kier molecular flexibility index (Phi) is 4.15. The summed E-state index contributed by atoms with van der Waals surface area (Å²) in [6, 6.07) is 11.1. The van der Waals surface area contributed by atoms with Crippen LogP contribution in [0.2, 0.25) is 0 Å². The molecule has 0 atom stereocenters. The maximum atomic E-state index is 11.9. The Morgan fingerprint density at radius 3 is 3.00 bits per heavy atom. The van der Waals surface area contributed by atoms with Crippen molar-refractivity contribution in [3.8, 4) is 17.2 Å². The molecule has 2 aromatic heterocycles. The maximum absolute atomic E-state index is 11.9. The highest BCUT2D eigenvalue weighted by Gasteiger charge is 2.12. The van der Waals surface area contributed by atoms with Crippen molar-refractivity contribution >= 4 is 23.3 Å². The van der Waals surface area contributed by atoms with Gasteiger partial charge in [0.2, 0.25) is 11.8 Å². The van der Waals surface area contributed by atoms with Gasteiger partial charge in [-0.3, -0.25) is 10.1 Å². The molecule has 0 unspecified atom stereocenters. The quantitative estimate of drug-likeness (QED) is 0.783. The largest absolute Gasteiger partial charge is 0.497 e. The standard InChI is InChI=1S/C15H13N3O3S/c1-20-11-5-2-4-10(8-11)14-17-18-15(21-14)16-13(19)9-12-6-3-7-22-12/h2-8H,9H2,1H3,(H,16,18,19). The lowest BCUT2D eigenvalue weighted by molar-refractivity contribution is -0.115. The van der Waals surface area contributed by atoms with Crippen LogP contribution in [0, 0.1) is 0 Å². The Morgan fingerprint density at radius 2 is 2.23 bits per heavy atom. The Hall–Kier alpha value is -2.67. The summed E-state index contributed by atoms with van der Waals surface area (Å²) < 4.78 is 10.6. The first-order valence-corrected chi connectivity index (χ1v) is 7.43. The molecular formula is C15H13N3O3S. The Bertz CT molecular complexity index is 768. The highest BCUT2D eigenvalue weighted by Crippen LogP contribution is 2.23. The van der Waals surface area contributed by atoms with Crippen LogP contribution >= 0.6 is 11.3 Å². The van der Waals surface area contributed by atoms with Crippen molar-refractivity contribution in [3.63, 3.8) is 0 Å². The highest BCUT2D eigenvalue weighted by atomic mass is 32.1. The molecule has 6 nitrogen and oxygen atoms in total. The van der Waals surface area contributed by atoms with Crippen molar-refractivity contribution in [2.45, 2.75) is 6.42 Å². The van der Waals surface area contributed by atoms with Crippen molar-refractivity contribution < 1.29 is 13.9 Å². The van der Waals surface area contributed by atoms with Gasteiger partial charge in [0.25, 0.3) is 0 Å². The van der Waals surface area contributed by atoms with Crippen LogP contribution in [-0.2, 0) is 11.2 Å². The number of thiophene rings is 1. The number of ether oxygens (including phenoxy) is 1. The number of carbonyl (C=O) groups is 1. The molecule has 0 spiro atoms. The zero-order chi connectivity index (χ0) is 15.4. The van der Waals surface area contributed by atoms with Gasteiger partial charge >= 0.3 is 6.01 Å². The first-order valence-electron chi connectivity index (χ1n) is 6.55. The lowest BCUT2D eigenvalue weighted by Crippen LogP contribution is -2.13. The number of benzene rings is 1. The number of hydrogen-bond acceptors (Lipinski definition) is 6. The van der Waals surface area contributed by atoms with Crippen molar-refractivity contribution in [3.05, 3.63) is 46.7 Å². The van der Waals surface area contributed by atoms with E-state index in [2.05, 4.69) is 15.5 Å². The summed E-state index contributed by atoms with van der Waals surface area (Å²) in [6.07, 6.45) is 0.286. The van der Waals surface area contributed by atoms with E-state index < -0.39 is 0 Å². The van der Waals surface area contributed by atoms with Crippen LogP contribution in [0.5, 0.6) is 5.75 Å². The molecule has 7 heteroatoms. The monoisotopic (exact) mass is 315 g/mol. The minimum Gasteiger partial charge on any atom is -0.497 e. The molecule has 3 aromatic rings. The van der Waals surface area contributed by atoms with Gasteiger partial charge in [0.15, 0.2) is 0 Å². The minimum atomic E-state index is -0.191. The number of aromatic nitrogens is 2. The van der Waals surface area contributed by atoms with E-state index in [-0.39, 0.29) is 18.3 Å². The van der Waals surface area contributed by atoms with Gasteiger partial charge < -0.3 is 9.15 Å². The third-order valence-electron chi connectivity index (χ3n) is 2.90. The molecule has 3 rings (SSSR count). The highest BCUT2D eigenvalue weighted by molar-refractivity contribution is 7.10. The number of nitrogens with one attached hydrogen (secondary N) is 1. The second-order valence-corrected chi connectivity index (χ2v) is 5.48. The molecule has 1 aromatic carbocycles. The number of nitrogens with zero attached hydrogens (tertiary/aromatic N) is 2. The van der Waals surface area contributed by atoms with Crippen LogP contribution in [0.25, 0.3) is 11.5 Å². The predicted octanol–water partition coefficient (Wildman–Crippen LogP) is 2.99. The fourth-order valence-electron chi connectivity index (χ4n) is 1.88. The van der Waals surface area contributed by atoms with E-state index in [0.717, 1.165) is 10.4 Å². The number of methoxy groups -OCH3 is 1. The lowest BCUT2D eigenvalue weighted by atomic mass is 10.2. The summed E-state index contributed by atoms with van der Waals surface area (Å²) in [5.41, 5.74) is 0.727. The first kappa shape index (κ1) is 14.3. The average molecular weight is 315 g/mol. The van der Waals surface area contributed by atoms with Gasteiger partial charge in [0.05, 0.1) is 13.5 Å². The van der Waals surface area contributed by atoms with Crippen LogP contribution in [-0.4, -0.2) is 23.2 Å². The van der Waals surface area contributed by atoms with E-state index >= 15 is 0 Å². The van der Waals surface area contributed by atoms with E-state index in [1.807, 2.05) is 35.7 Å². The van der Waals surface area contributed by atoms with Crippen molar-refractivity contribution in [1.82, 2.24) is 10.2 Å². The van der Waals surface area contributed by atoms with Crippen LogP contribution in [0.4, 0.5) is 6.01 Å². The second-order valence-electron chi connectivity index (χ2n) is 4.45. The topological polar surface area (TPSA) is 77.3 Å². The molecule has 0 bridgehead atoms. The normalized spacial score (nSPS) is 10.4. The number of hydrogen-bond donors (Lipinski definition) is 1. The molecule has 1 amide bonds. The summed E-state index contributed by atoms with van der Waals surface area (Å²) in [5, 5.41) is 12.3. The molecule has 0 aliphatic heterocycles. The SMILES string of the molecule is COc1cccc(-c2nnc(NC(=O)Cc3cccs3)o2)c1. The van der Waals surface area contributed by atoms with E-state index in [0.29, 0.717) is 11.6 Å². The molecule has 0 aliphatic rings. The van der Waals surface area contributed by atoms with Gasteiger partial charge in [-0.05, 0) is 29.6 Å². The van der Waals surface area contributed by atoms with E-state index in [1.54, 1.807) is 13.2 Å². The van der Waals surface area contributed by atoms with Crippen molar-refractivity contribution in [2.75, 3.05) is 12.4 Å². The molecule has 1 N–H and O–H groups in total. The number of carbonyl (C=O) groups excluding carboxylic acids is 1. The van der Waals surface area contributed by atoms with Gasteiger partial charge in [-0.1, -0.05) is 17.2 Å². The van der Waals surface area contributed by atoms with Gasteiger partial charge in [-0.25, -0.2) is 0 Å². The zero-order valence-corrected chi connectivity index (χ0v) is 12.6. The summed E-state index contributed by atoms with van der Waals surface area (Å²) in [7, 11) is 1.59. The van der Waals surface area contributed by atoms with Crippen LogP contribution in [0.1, 0.15) is 4.88 Å². The Balaban J connectivity index is 1.69. The molecule has 0 fully saturated rings. The zero-order valence-electron chi connectivity index (χ0n) is 11.8. The smallest absolute Gasteiger partial charge is 0.322 e. The number of amides is 1. The van der Waals surface area contributed by atoms with Gasteiger partial charge in [-0.15, -0.1) is 16.4 Å². The fourth-order valence-corrected chi connectivity index (χ4v) is 2.58. The third kappa shape index (κ3) is 3.32. The first-order chi connectivity index (χ1) is 10.7. The van der Waals surface area contributed by atoms with Crippen LogP contribution < -0.4 is 10.1 Å². The summed E-state index contributed by atoms with van der Waals surface area (Å²) in [6.45, 7) is 0. The van der Waals surface area contributed by atoms with Gasteiger partial charge in [-0.2, -0.15) is 0 Å². The van der Waals surface area contributed by atoms with Crippen molar-refractivity contribution in [2.24, 2.45) is 0 Å². The molecule has 0 aliphatic carbocycles. The maximum Gasteiger partial charge on any atom is 0.322 e. The molecule has 0 saturated carbocycles. The Labute approximate surface area is 130 Å². The molecule has 0 saturated heterocycles. The molecule has 0 radical (unpaired) electrons. The van der Waals surface area contributed by atoms with Gasteiger partial charge in [0.1, 0.15) is 5.75 Å². The minimum absolute atomic E-state index is 0.0828. The molecule has 2 heterocycles. The van der Waals surface area contributed by atoms with Crippen molar-refractivity contribution in [1.29, 1.82) is 0 Å². The average Bonchev–Trinajstić information content (AvgIpc) is 3.19. The fraction of sp³-hybridized carbons (Fsp3) is 0.133. The number of anilines is 1. The predicted molar refractivity (Wildman–Crippen MR) is 82.9 cm³/mol. The van der Waals surface area contributed by atoms with E-state index in [1.165, 1.54) is 11.3 Å². The Morgan fingerprint density at radius 1 is 1.32 bits per heavy atom. The van der Waals surface area contributed by atoms with E-state index in [4.69, 9.17) is 9.15 Å². The lowest BCUT2D eigenvalue weighted by Gasteiger charge is -2.00. The molecular weight excluding hydrogens is 302 g/mol. The third-order valence-corrected chi connectivity index (χ3v) is 3.78. The van der Waals surface area contributed by atoms with Crippen LogP contribution in [0.15, 0.2) is 46.2 Å². The van der Waals surface area contributed by atoms with E-state index in [9.17, 15) is 4.79 Å². The number of rotatable bonds is 5. The van der Waals surface area contributed by atoms with Gasteiger partial charge in [0, 0.05) is 10.4 Å². The summed E-state index contributed by atoms with van der Waals surface area (Å²) >= 11 is 1.53. The summed E-state index contributed by atoms with van der Waals surface area (Å²) in [4.78, 5) is 12.9. The molecule has 22 heavy (non-hydrogen) atoms.